The summed E-state index contributed by atoms with van der Waals surface area (Å²) in [6, 6.07) is 8.18. The fourth-order valence-electron chi connectivity index (χ4n) is 8.60. The smallest absolute Gasteiger partial charge is 0.410 e. The molecule has 0 radical (unpaired) electrons. The average molecular weight is 647 g/mol. The van der Waals surface area contributed by atoms with Crippen LogP contribution >= 0.6 is 11.6 Å². The van der Waals surface area contributed by atoms with E-state index < -0.39 is 17.2 Å². The van der Waals surface area contributed by atoms with Crippen molar-refractivity contribution in [1.82, 2.24) is 24.8 Å². The first-order valence-corrected chi connectivity index (χ1v) is 16.2. The monoisotopic (exact) mass is 646 g/mol. The number of hydrogen-bond acceptors (Lipinski definition) is 8. The van der Waals surface area contributed by atoms with Crippen molar-refractivity contribution in [2.45, 2.75) is 50.4 Å². The SMILES string of the molecule is CN1CC2C3[C@@H]2C31COc1nc(N2C[C@@H]3[C@H]2CCN3C(=O)OC(C)(C)C)c2cnc(-c3cccc4ccc(F)c(Cl)c34)c(F)c2n1. The number of piperidine rings is 1. The molecule has 0 spiro atoms. The van der Waals surface area contributed by atoms with Gasteiger partial charge in [-0.3, -0.25) is 9.88 Å². The van der Waals surface area contributed by atoms with E-state index in [1.165, 1.54) is 6.07 Å². The molecule has 6 fully saturated rings. The molecule has 4 aliphatic heterocycles. The molecule has 2 aromatic carbocycles. The lowest BCUT2D eigenvalue weighted by Crippen LogP contribution is -2.63. The standard InChI is InChI=1S/C34H33ClF2N6O3/c1-33(2,3)46-32(44)42-11-10-21-22(42)14-43(21)30-18-12-38-28(17-7-5-6-16-8-9-20(36)26(35)23(16)17)27(37)29(18)39-31(40-30)45-15-34-24-19(25(24)34)13-41(34)4/h5-9,12,19,21-22,24-25H,10-11,13-15H2,1-4H3/t19?,21-,22-,24-,25?,34?/m1/s1. The molecular formula is C34H33ClF2N6O3. The number of halogens is 3. The molecule has 9 nitrogen and oxygen atoms in total. The van der Waals surface area contributed by atoms with Gasteiger partial charge in [0.2, 0.25) is 0 Å². The number of anilines is 1. The highest BCUT2D eigenvalue weighted by atomic mass is 35.5. The molecule has 6 aliphatic rings. The minimum atomic E-state index is -0.664. The summed E-state index contributed by atoms with van der Waals surface area (Å²) in [5.41, 5.74) is -0.122. The van der Waals surface area contributed by atoms with Gasteiger partial charge in [0, 0.05) is 36.8 Å². The number of nitrogens with zero attached hydrogens (tertiary/aromatic N) is 6. The highest BCUT2D eigenvalue weighted by molar-refractivity contribution is 6.36. The van der Waals surface area contributed by atoms with E-state index in [0.29, 0.717) is 59.1 Å². The van der Waals surface area contributed by atoms with Gasteiger partial charge in [-0.25, -0.2) is 13.6 Å². The first kappa shape index (κ1) is 28.4. The predicted molar refractivity (Wildman–Crippen MR) is 169 cm³/mol. The van der Waals surface area contributed by atoms with Crippen molar-refractivity contribution in [2.24, 2.45) is 17.8 Å². The molecule has 2 aliphatic carbocycles. The van der Waals surface area contributed by atoms with Crippen molar-refractivity contribution in [3.8, 4) is 17.3 Å². The first-order chi connectivity index (χ1) is 22.0. The summed E-state index contributed by atoms with van der Waals surface area (Å²) in [5.74, 6) is 1.35. The summed E-state index contributed by atoms with van der Waals surface area (Å²) in [6.07, 6.45) is 1.95. The van der Waals surface area contributed by atoms with Gasteiger partial charge in [0.25, 0.3) is 0 Å². The van der Waals surface area contributed by atoms with Crippen LogP contribution in [0.1, 0.15) is 27.2 Å². The van der Waals surface area contributed by atoms with E-state index in [0.717, 1.165) is 18.9 Å². The number of hydrogen-bond donors (Lipinski definition) is 0. The molecule has 6 heterocycles. The second kappa shape index (κ2) is 9.38. The van der Waals surface area contributed by atoms with E-state index in [-0.39, 0.29) is 46.0 Å². The Morgan fingerprint density at radius 2 is 1.91 bits per heavy atom. The molecule has 10 rings (SSSR count). The number of likely N-dealkylation sites (N-methyl/N-ethyl adjacent to an activating group) is 1. The Morgan fingerprint density at radius 3 is 2.65 bits per heavy atom. The largest absolute Gasteiger partial charge is 0.461 e. The molecule has 2 saturated carbocycles. The highest BCUT2D eigenvalue weighted by Gasteiger charge is 2.90. The molecule has 2 bridgehead atoms. The van der Waals surface area contributed by atoms with Gasteiger partial charge in [-0.2, -0.15) is 9.97 Å². The molecule has 2 aromatic heterocycles. The predicted octanol–water partition coefficient (Wildman–Crippen LogP) is 5.91. The summed E-state index contributed by atoms with van der Waals surface area (Å²) >= 11 is 6.41. The fourth-order valence-corrected chi connectivity index (χ4v) is 8.87. The molecular weight excluding hydrogens is 614 g/mol. The molecule has 4 aromatic rings. The summed E-state index contributed by atoms with van der Waals surface area (Å²) in [5, 5.41) is 1.39. The zero-order chi connectivity index (χ0) is 31.9. The Balaban J connectivity index is 1.11. The van der Waals surface area contributed by atoms with E-state index in [9.17, 15) is 9.18 Å². The van der Waals surface area contributed by atoms with E-state index in [2.05, 4.69) is 26.8 Å². The van der Waals surface area contributed by atoms with Crippen LogP contribution in [0.5, 0.6) is 6.01 Å². The number of benzene rings is 2. The quantitative estimate of drug-likeness (QED) is 0.265. The van der Waals surface area contributed by atoms with Crippen LogP contribution in [0.3, 0.4) is 0 Å². The van der Waals surface area contributed by atoms with Crippen LogP contribution in [0.15, 0.2) is 36.5 Å². The number of amides is 1. The van der Waals surface area contributed by atoms with Crippen LogP contribution in [-0.4, -0.2) is 87.4 Å². The third-order valence-electron chi connectivity index (χ3n) is 10.9. The summed E-state index contributed by atoms with van der Waals surface area (Å²) in [6.45, 7) is 8.14. The number of carbonyl (C=O) groups is 1. The van der Waals surface area contributed by atoms with Gasteiger partial charge < -0.3 is 19.3 Å². The molecule has 4 saturated heterocycles. The van der Waals surface area contributed by atoms with Crippen molar-refractivity contribution >= 4 is 45.2 Å². The number of pyridine rings is 1. The van der Waals surface area contributed by atoms with Gasteiger partial charge in [0.15, 0.2) is 5.82 Å². The van der Waals surface area contributed by atoms with E-state index in [4.69, 9.17) is 26.1 Å². The minimum absolute atomic E-state index is 0.0139. The van der Waals surface area contributed by atoms with E-state index in [1.54, 1.807) is 35.4 Å². The molecule has 3 unspecified atom stereocenters. The Bertz CT molecular complexity index is 1980. The first-order valence-electron chi connectivity index (χ1n) is 15.8. The molecule has 238 valence electrons. The maximum atomic E-state index is 16.7. The van der Waals surface area contributed by atoms with Crippen LogP contribution in [0.2, 0.25) is 5.02 Å². The lowest BCUT2D eigenvalue weighted by molar-refractivity contribution is 0.0193. The third kappa shape index (κ3) is 3.87. The second-order valence-corrected chi connectivity index (χ2v) is 14.8. The van der Waals surface area contributed by atoms with Gasteiger partial charge in [-0.15, -0.1) is 0 Å². The number of fused-ring (bicyclic) bond motifs is 4. The normalized spacial score (nSPS) is 29.2. The van der Waals surface area contributed by atoms with Gasteiger partial charge in [0.05, 0.1) is 28.0 Å². The van der Waals surface area contributed by atoms with Crippen molar-refractivity contribution in [2.75, 3.05) is 38.2 Å². The van der Waals surface area contributed by atoms with Crippen molar-refractivity contribution in [3.05, 3.63) is 53.2 Å². The van der Waals surface area contributed by atoms with Crippen molar-refractivity contribution in [1.29, 1.82) is 0 Å². The van der Waals surface area contributed by atoms with E-state index >= 15 is 4.39 Å². The van der Waals surface area contributed by atoms with Gasteiger partial charge in [0.1, 0.15) is 35.1 Å². The van der Waals surface area contributed by atoms with Crippen LogP contribution in [0.4, 0.5) is 19.4 Å². The topological polar surface area (TPSA) is 83.9 Å². The number of aromatic nitrogens is 3. The third-order valence-corrected chi connectivity index (χ3v) is 11.2. The zero-order valence-electron chi connectivity index (χ0n) is 25.9. The number of ether oxygens (including phenoxy) is 2. The average Bonchev–Trinajstić information content (AvgIpc) is 3.77. The van der Waals surface area contributed by atoms with Gasteiger partial charge in [-0.1, -0.05) is 35.9 Å². The second-order valence-electron chi connectivity index (χ2n) is 14.4. The molecule has 0 N–H and O–H groups in total. The van der Waals surface area contributed by atoms with Gasteiger partial charge >= 0.3 is 12.1 Å². The van der Waals surface area contributed by atoms with Crippen LogP contribution in [-0.2, 0) is 4.74 Å². The number of carbonyl (C=O) groups excluding carboxylic acids is 1. The fraction of sp³-hybridized carbons (Fsp3) is 0.471. The van der Waals surface area contributed by atoms with Crippen LogP contribution in [0.25, 0.3) is 32.9 Å². The minimum Gasteiger partial charge on any atom is -0.461 e. The number of rotatable bonds is 5. The van der Waals surface area contributed by atoms with Crippen LogP contribution in [0, 0.1) is 29.4 Å². The number of likely N-dealkylation sites (tertiary alicyclic amines) is 1. The van der Waals surface area contributed by atoms with Crippen molar-refractivity contribution < 1.29 is 23.0 Å². The Labute approximate surface area is 269 Å². The highest BCUT2D eigenvalue weighted by Crippen LogP contribution is 2.82. The summed E-state index contributed by atoms with van der Waals surface area (Å²) in [4.78, 5) is 33.1. The maximum absolute atomic E-state index is 16.7. The zero-order valence-corrected chi connectivity index (χ0v) is 26.7. The molecule has 46 heavy (non-hydrogen) atoms. The summed E-state index contributed by atoms with van der Waals surface area (Å²) in [7, 11) is 2.13. The summed E-state index contributed by atoms with van der Waals surface area (Å²) < 4.78 is 43.2. The Hall–Kier alpha value is -3.83. The van der Waals surface area contributed by atoms with E-state index in [1.807, 2.05) is 20.8 Å². The Kier molecular flexibility index (Phi) is 5.79. The maximum Gasteiger partial charge on any atom is 0.410 e. The Morgan fingerprint density at radius 1 is 1.11 bits per heavy atom. The van der Waals surface area contributed by atoms with Crippen molar-refractivity contribution in [3.63, 3.8) is 0 Å². The molecule has 1 amide bonds. The van der Waals surface area contributed by atoms with Crippen LogP contribution < -0.4 is 9.64 Å². The lowest BCUT2D eigenvalue weighted by atomic mass is 9.96. The molecule has 12 heteroatoms. The lowest BCUT2D eigenvalue weighted by Gasteiger charge is -2.47. The molecule has 6 atom stereocenters. The van der Waals surface area contributed by atoms with Gasteiger partial charge in [-0.05, 0) is 63.4 Å².